The van der Waals surface area contributed by atoms with Crippen molar-refractivity contribution in [2.24, 2.45) is 5.10 Å². The van der Waals surface area contributed by atoms with Gasteiger partial charge in [0.15, 0.2) is 12.3 Å². The third-order valence-electron chi connectivity index (χ3n) is 4.64. The monoisotopic (exact) mass is 492 g/mol. The zero-order valence-electron chi connectivity index (χ0n) is 18.9. The number of amides is 1. The van der Waals surface area contributed by atoms with Gasteiger partial charge in [-0.05, 0) is 41.5 Å². The van der Waals surface area contributed by atoms with Gasteiger partial charge in [-0.2, -0.15) is 9.78 Å². The summed E-state index contributed by atoms with van der Waals surface area (Å²) in [6, 6.07) is 13.6. The number of hydrogen-bond acceptors (Lipinski definition) is 11. The molecular formula is C22H20N8O6. The van der Waals surface area contributed by atoms with Gasteiger partial charge in [-0.3, -0.25) is 4.79 Å². The number of nitrogen functional groups attached to an aromatic ring is 1. The maximum absolute atomic E-state index is 13.0. The van der Waals surface area contributed by atoms with E-state index in [0.29, 0.717) is 23.5 Å². The number of nitrogens with zero attached hydrogens (tertiary/aromatic N) is 6. The van der Waals surface area contributed by atoms with Crippen molar-refractivity contribution in [3.63, 3.8) is 0 Å². The van der Waals surface area contributed by atoms with Crippen LogP contribution in [-0.2, 0) is 4.79 Å². The number of carbonyl (C=O) groups is 2. The van der Waals surface area contributed by atoms with Crippen molar-refractivity contribution in [2.45, 2.75) is 6.92 Å². The highest BCUT2D eigenvalue weighted by Gasteiger charge is 2.25. The number of carboxylic acids is 1. The number of rotatable bonds is 10. The smallest absolute Gasteiger partial charge is 0.341 e. The van der Waals surface area contributed by atoms with Crippen molar-refractivity contribution in [2.75, 3.05) is 18.9 Å². The summed E-state index contributed by atoms with van der Waals surface area (Å²) < 4.78 is 16.7. The van der Waals surface area contributed by atoms with Crippen molar-refractivity contribution in [1.82, 2.24) is 30.7 Å². The lowest BCUT2D eigenvalue weighted by atomic mass is 10.1. The molecular weight excluding hydrogens is 472 g/mol. The van der Waals surface area contributed by atoms with E-state index in [2.05, 4.69) is 35.8 Å². The molecule has 0 fully saturated rings. The fourth-order valence-electron chi connectivity index (χ4n) is 3.15. The van der Waals surface area contributed by atoms with Gasteiger partial charge in [-0.1, -0.05) is 29.5 Å². The number of carbonyl (C=O) groups excluding carboxylic acids is 1. The van der Waals surface area contributed by atoms with Crippen LogP contribution in [-0.4, -0.2) is 61.7 Å². The number of para-hydroxylation sites is 1. The van der Waals surface area contributed by atoms with Gasteiger partial charge < -0.3 is 20.3 Å². The van der Waals surface area contributed by atoms with Crippen molar-refractivity contribution < 1.29 is 28.8 Å². The summed E-state index contributed by atoms with van der Waals surface area (Å²) in [7, 11) is 0. The van der Waals surface area contributed by atoms with Crippen LogP contribution in [0.4, 0.5) is 5.82 Å². The zero-order valence-corrected chi connectivity index (χ0v) is 18.9. The van der Waals surface area contributed by atoms with Crippen molar-refractivity contribution in [3.05, 3.63) is 59.8 Å². The maximum atomic E-state index is 13.0. The first kappa shape index (κ1) is 23.9. The number of nitrogens with one attached hydrogen (secondary N) is 1. The van der Waals surface area contributed by atoms with Crippen molar-refractivity contribution >= 4 is 23.9 Å². The second-order valence-corrected chi connectivity index (χ2v) is 7.05. The van der Waals surface area contributed by atoms with E-state index in [4.69, 9.17) is 20.3 Å². The van der Waals surface area contributed by atoms with Crippen LogP contribution in [0.15, 0.2) is 58.3 Å². The summed E-state index contributed by atoms with van der Waals surface area (Å²) in [5.41, 5.74) is 9.37. The Kier molecular flexibility index (Phi) is 7.14. The van der Waals surface area contributed by atoms with Gasteiger partial charge >= 0.3 is 5.97 Å². The fraction of sp³-hybridized carbons (Fsp3) is 0.136. The first-order valence-electron chi connectivity index (χ1n) is 10.5. The van der Waals surface area contributed by atoms with Crippen LogP contribution in [0.25, 0.3) is 17.1 Å². The number of carboxylic acid groups (broad SMARTS) is 1. The van der Waals surface area contributed by atoms with E-state index in [9.17, 15) is 9.59 Å². The highest BCUT2D eigenvalue weighted by atomic mass is 16.6. The van der Waals surface area contributed by atoms with Crippen LogP contribution < -0.4 is 20.6 Å². The van der Waals surface area contributed by atoms with Gasteiger partial charge in [-0.25, -0.2) is 14.8 Å². The number of benzene rings is 2. The Balaban J connectivity index is 1.64. The summed E-state index contributed by atoms with van der Waals surface area (Å²) in [4.78, 5) is 23.8. The first-order valence-corrected chi connectivity index (χ1v) is 10.5. The van der Waals surface area contributed by atoms with Crippen LogP contribution in [0.2, 0.25) is 0 Å². The molecule has 14 nitrogen and oxygen atoms in total. The predicted molar refractivity (Wildman–Crippen MR) is 125 cm³/mol. The summed E-state index contributed by atoms with van der Waals surface area (Å²) in [6.45, 7) is 1.77. The average Bonchev–Trinajstić information content (AvgIpc) is 3.49. The summed E-state index contributed by atoms with van der Waals surface area (Å²) in [6.07, 6.45) is 1.31. The van der Waals surface area contributed by atoms with Gasteiger partial charge in [0, 0.05) is 11.1 Å². The zero-order chi connectivity index (χ0) is 25.5. The summed E-state index contributed by atoms with van der Waals surface area (Å²) in [5, 5.41) is 28.1. The second kappa shape index (κ2) is 10.8. The van der Waals surface area contributed by atoms with Gasteiger partial charge in [0.25, 0.3) is 5.91 Å². The quantitative estimate of drug-likeness (QED) is 0.215. The summed E-state index contributed by atoms with van der Waals surface area (Å²) in [5.74, 6) is -0.964. The van der Waals surface area contributed by atoms with Crippen LogP contribution in [0.1, 0.15) is 23.0 Å². The molecule has 0 aliphatic heterocycles. The molecule has 184 valence electrons. The van der Waals surface area contributed by atoms with Gasteiger partial charge in [0.2, 0.25) is 11.6 Å². The van der Waals surface area contributed by atoms with Crippen LogP contribution >= 0.6 is 0 Å². The minimum Gasteiger partial charge on any atom is -0.494 e. The van der Waals surface area contributed by atoms with Crippen molar-refractivity contribution in [3.8, 4) is 28.6 Å². The maximum Gasteiger partial charge on any atom is 0.341 e. The van der Waals surface area contributed by atoms with E-state index in [1.54, 1.807) is 48.5 Å². The van der Waals surface area contributed by atoms with Crippen molar-refractivity contribution in [1.29, 1.82) is 0 Å². The van der Waals surface area contributed by atoms with E-state index in [0.717, 1.165) is 0 Å². The van der Waals surface area contributed by atoms with Gasteiger partial charge in [0.1, 0.15) is 17.2 Å². The number of ether oxygens (including phenoxy) is 2. The molecule has 4 rings (SSSR count). The minimum atomic E-state index is -1.12. The Morgan fingerprint density at radius 3 is 2.78 bits per heavy atom. The SMILES string of the molecule is CCOc1cccc(-c2c(C(=O)N/N=C/c3ccccc3OCC(=O)O)nnn2-c2nonc2N)c1. The Morgan fingerprint density at radius 2 is 2.03 bits per heavy atom. The highest BCUT2D eigenvalue weighted by Crippen LogP contribution is 2.29. The molecule has 2 heterocycles. The number of hydrogen-bond donors (Lipinski definition) is 3. The third kappa shape index (κ3) is 5.27. The van der Waals surface area contributed by atoms with E-state index < -0.39 is 18.5 Å². The van der Waals surface area contributed by atoms with E-state index >= 15 is 0 Å². The second-order valence-electron chi connectivity index (χ2n) is 7.05. The molecule has 36 heavy (non-hydrogen) atoms. The van der Waals surface area contributed by atoms with Crippen LogP contribution in [0.5, 0.6) is 11.5 Å². The molecule has 0 bridgehead atoms. The fourth-order valence-corrected chi connectivity index (χ4v) is 3.15. The molecule has 2 aromatic heterocycles. The number of anilines is 1. The molecule has 0 saturated heterocycles. The Labute approximate surface area is 203 Å². The van der Waals surface area contributed by atoms with E-state index in [1.165, 1.54) is 10.9 Å². The molecule has 0 atom stereocenters. The molecule has 0 saturated carbocycles. The molecule has 4 N–H and O–H groups in total. The van der Waals surface area contributed by atoms with Crippen LogP contribution in [0, 0.1) is 0 Å². The van der Waals surface area contributed by atoms with E-state index in [-0.39, 0.29) is 28.8 Å². The summed E-state index contributed by atoms with van der Waals surface area (Å²) >= 11 is 0. The Morgan fingerprint density at radius 1 is 1.19 bits per heavy atom. The Bertz CT molecular complexity index is 1410. The average molecular weight is 492 g/mol. The number of hydrazone groups is 1. The van der Waals surface area contributed by atoms with Crippen LogP contribution in [0.3, 0.4) is 0 Å². The third-order valence-corrected chi connectivity index (χ3v) is 4.64. The van der Waals surface area contributed by atoms with Gasteiger partial charge in [0.05, 0.1) is 12.8 Å². The molecule has 0 aliphatic carbocycles. The standard InChI is InChI=1S/C22H20N8O6/c1-2-34-15-8-5-7-13(10-15)19-18(25-29-30(19)21-20(23)27-36-28-21)22(33)26-24-11-14-6-3-4-9-16(14)35-12-17(31)32/h3-11H,2,12H2,1H3,(H2,23,27)(H,26,33)(H,31,32)/b24-11+. The predicted octanol–water partition coefficient (Wildman–Crippen LogP) is 1.53. The van der Waals surface area contributed by atoms with Gasteiger partial charge in [-0.15, -0.1) is 5.10 Å². The Hall–Kier alpha value is -5.27. The van der Waals surface area contributed by atoms with E-state index in [1.807, 2.05) is 6.92 Å². The molecule has 0 aliphatic rings. The number of aromatic nitrogens is 5. The number of aliphatic carboxylic acids is 1. The lowest BCUT2D eigenvalue weighted by molar-refractivity contribution is -0.139. The number of nitrogens with two attached hydrogens (primary N) is 1. The molecule has 0 unspecified atom stereocenters. The largest absolute Gasteiger partial charge is 0.494 e. The highest BCUT2D eigenvalue weighted by molar-refractivity contribution is 5.99. The molecule has 1 amide bonds. The minimum absolute atomic E-state index is 0.0476. The lowest BCUT2D eigenvalue weighted by Crippen LogP contribution is -2.19. The lowest BCUT2D eigenvalue weighted by Gasteiger charge is -2.08. The molecule has 0 spiro atoms. The first-order chi connectivity index (χ1) is 17.5. The normalized spacial score (nSPS) is 10.9. The molecule has 0 radical (unpaired) electrons. The topological polar surface area (TPSA) is 193 Å². The molecule has 4 aromatic rings. The molecule has 14 heteroatoms. The molecule has 2 aromatic carbocycles.